The van der Waals surface area contributed by atoms with Gasteiger partial charge in [0.2, 0.25) is 0 Å². The zero-order valence-electron chi connectivity index (χ0n) is 10.2. The fourth-order valence-electron chi connectivity index (χ4n) is 1.70. The van der Waals surface area contributed by atoms with Crippen molar-refractivity contribution in [3.63, 3.8) is 0 Å². The molecule has 0 saturated carbocycles. The molecule has 0 unspecified atom stereocenters. The molecule has 0 atom stereocenters. The molecule has 0 fully saturated rings. The lowest BCUT2D eigenvalue weighted by molar-refractivity contribution is 0.0696. The average Bonchev–Trinajstić information content (AvgIpc) is 2.69. The lowest BCUT2D eigenvalue weighted by Crippen LogP contribution is -2.03. The third kappa shape index (κ3) is 2.46. The van der Waals surface area contributed by atoms with Crippen molar-refractivity contribution in [2.75, 3.05) is 0 Å². The quantitative estimate of drug-likeness (QED) is 0.925. The Kier molecular flexibility index (Phi) is 3.52. The van der Waals surface area contributed by atoms with Crippen LogP contribution in [0.5, 0.6) is 0 Å². The van der Waals surface area contributed by atoms with Gasteiger partial charge in [-0.3, -0.25) is 4.40 Å². The van der Waals surface area contributed by atoms with E-state index in [1.165, 1.54) is 12.3 Å². The third-order valence-electron chi connectivity index (χ3n) is 2.72. The van der Waals surface area contributed by atoms with E-state index in [4.69, 9.17) is 16.7 Å². The molecule has 1 N–H and O–H groups in total. The highest BCUT2D eigenvalue weighted by Crippen LogP contribution is 2.19. The Morgan fingerprint density at radius 1 is 1.50 bits per heavy atom. The molecule has 0 radical (unpaired) electrons. The van der Waals surface area contributed by atoms with Crippen LogP contribution in [0.1, 0.15) is 36.5 Å². The van der Waals surface area contributed by atoms with E-state index in [-0.39, 0.29) is 5.56 Å². The minimum Gasteiger partial charge on any atom is -0.478 e. The topological polar surface area (TPSA) is 67.5 Å². The van der Waals surface area contributed by atoms with Gasteiger partial charge in [0.25, 0.3) is 0 Å². The number of hydrogen-bond donors (Lipinski definition) is 1. The molecule has 0 amide bonds. The fourth-order valence-corrected chi connectivity index (χ4v) is 1.95. The number of aromatic nitrogens is 3. The predicted octanol–water partition coefficient (Wildman–Crippen LogP) is 2.67. The molecule has 0 aromatic carbocycles. The summed E-state index contributed by atoms with van der Waals surface area (Å²) in [6.45, 7) is 4.25. The van der Waals surface area contributed by atoms with Gasteiger partial charge in [0, 0.05) is 12.6 Å². The van der Waals surface area contributed by atoms with Gasteiger partial charge in [0.15, 0.2) is 5.65 Å². The normalized spacial score (nSPS) is 11.3. The number of rotatable bonds is 4. The highest BCUT2D eigenvalue weighted by Gasteiger charge is 2.13. The van der Waals surface area contributed by atoms with E-state index in [0.29, 0.717) is 16.6 Å². The number of nitrogens with zero attached hydrogens (tertiary/aromatic N) is 3. The third-order valence-corrected chi connectivity index (χ3v) is 3.00. The number of carboxylic acids is 1. The van der Waals surface area contributed by atoms with E-state index in [1.54, 1.807) is 4.40 Å². The van der Waals surface area contributed by atoms with Gasteiger partial charge in [0.1, 0.15) is 5.82 Å². The van der Waals surface area contributed by atoms with E-state index in [9.17, 15) is 4.79 Å². The van der Waals surface area contributed by atoms with Gasteiger partial charge in [-0.1, -0.05) is 25.4 Å². The summed E-state index contributed by atoms with van der Waals surface area (Å²) in [6, 6.07) is 1.39. The number of aryl methyl sites for hydroxylation is 1. The summed E-state index contributed by atoms with van der Waals surface area (Å²) in [5.74, 6) is 0.279. The lowest BCUT2D eigenvalue weighted by atomic mass is 10.1. The molecule has 2 heterocycles. The van der Waals surface area contributed by atoms with E-state index >= 15 is 0 Å². The molecule has 6 heteroatoms. The molecule has 0 aliphatic carbocycles. The Bertz CT molecular complexity index is 592. The second kappa shape index (κ2) is 4.94. The number of fused-ring (bicyclic) bond motifs is 1. The minimum atomic E-state index is -1.01. The molecule has 5 nitrogen and oxygen atoms in total. The predicted molar refractivity (Wildman–Crippen MR) is 68.1 cm³/mol. The summed E-state index contributed by atoms with van der Waals surface area (Å²) in [5, 5.41) is 17.4. The van der Waals surface area contributed by atoms with Gasteiger partial charge in [-0.2, -0.15) is 0 Å². The maximum Gasteiger partial charge on any atom is 0.337 e. The van der Waals surface area contributed by atoms with E-state index < -0.39 is 5.97 Å². The van der Waals surface area contributed by atoms with Crippen LogP contribution < -0.4 is 0 Å². The summed E-state index contributed by atoms with van der Waals surface area (Å²) in [6.07, 6.45) is 3.23. The fraction of sp³-hybridized carbons (Fsp3) is 0.417. The van der Waals surface area contributed by atoms with Crippen molar-refractivity contribution >= 4 is 23.2 Å². The van der Waals surface area contributed by atoms with Gasteiger partial charge < -0.3 is 5.11 Å². The van der Waals surface area contributed by atoms with Crippen LogP contribution in [0.2, 0.25) is 5.02 Å². The van der Waals surface area contributed by atoms with Gasteiger partial charge >= 0.3 is 5.97 Å². The monoisotopic (exact) mass is 267 g/mol. The molecule has 2 aromatic rings. The van der Waals surface area contributed by atoms with Crippen LogP contribution in [-0.2, 0) is 6.42 Å². The second-order valence-electron chi connectivity index (χ2n) is 4.62. The summed E-state index contributed by atoms with van der Waals surface area (Å²) in [5.41, 5.74) is 0.638. The van der Waals surface area contributed by atoms with Crippen LogP contribution >= 0.6 is 11.6 Å². The Balaban J connectivity index is 2.46. The van der Waals surface area contributed by atoms with Crippen molar-refractivity contribution in [2.24, 2.45) is 5.92 Å². The molecule has 0 saturated heterocycles. The van der Waals surface area contributed by atoms with Crippen molar-refractivity contribution in [1.29, 1.82) is 0 Å². The smallest absolute Gasteiger partial charge is 0.337 e. The Hall–Kier alpha value is -1.62. The summed E-state index contributed by atoms with van der Waals surface area (Å²) in [4.78, 5) is 11.0. The maximum atomic E-state index is 11.0. The molecular formula is C12H14ClN3O2. The standard InChI is InChI=1S/C12H14ClN3O2/c1-7(2)3-4-10-14-15-11-9(13)5-8(12(17)18)6-16(10)11/h5-7H,3-4H2,1-2H3,(H,17,18). The Morgan fingerprint density at radius 2 is 2.22 bits per heavy atom. The van der Waals surface area contributed by atoms with Crippen molar-refractivity contribution in [2.45, 2.75) is 26.7 Å². The maximum absolute atomic E-state index is 11.0. The van der Waals surface area contributed by atoms with Crippen molar-refractivity contribution in [1.82, 2.24) is 14.6 Å². The van der Waals surface area contributed by atoms with Crippen LogP contribution in [0, 0.1) is 5.92 Å². The summed E-state index contributed by atoms with van der Waals surface area (Å²) >= 11 is 6.00. The number of halogens is 1. The van der Waals surface area contributed by atoms with E-state index in [2.05, 4.69) is 24.0 Å². The second-order valence-corrected chi connectivity index (χ2v) is 5.03. The molecule has 0 spiro atoms. The van der Waals surface area contributed by atoms with E-state index in [1.807, 2.05) is 0 Å². The van der Waals surface area contributed by atoms with Crippen molar-refractivity contribution in [3.8, 4) is 0 Å². The molecule has 18 heavy (non-hydrogen) atoms. The molecule has 96 valence electrons. The average molecular weight is 268 g/mol. The number of pyridine rings is 1. The Morgan fingerprint density at radius 3 is 2.83 bits per heavy atom. The summed E-state index contributed by atoms with van der Waals surface area (Å²) in [7, 11) is 0. The number of carboxylic acid groups (broad SMARTS) is 1. The SMILES string of the molecule is CC(C)CCc1nnc2c(Cl)cc(C(=O)O)cn12. The first-order chi connectivity index (χ1) is 8.49. The highest BCUT2D eigenvalue weighted by atomic mass is 35.5. The molecule has 2 aromatic heterocycles. The van der Waals surface area contributed by atoms with Crippen molar-refractivity contribution < 1.29 is 9.90 Å². The minimum absolute atomic E-state index is 0.137. The van der Waals surface area contributed by atoms with Crippen LogP contribution in [0.3, 0.4) is 0 Å². The number of aromatic carboxylic acids is 1. The van der Waals surface area contributed by atoms with Gasteiger partial charge in [-0.15, -0.1) is 10.2 Å². The number of hydrogen-bond acceptors (Lipinski definition) is 3. The van der Waals surface area contributed by atoms with Crippen LogP contribution in [0.25, 0.3) is 5.65 Å². The first-order valence-corrected chi connectivity index (χ1v) is 6.13. The largest absolute Gasteiger partial charge is 0.478 e. The molecule has 2 rings (SSSR count). The van der Waals surface area contributed by atoms with Crippen LogP contribution in [-0.4, -0.2) is 25.7 Å². The molecule has 0 aliphatic rings. The lowest BCUT2D eigenvalue weighted by Gasteiger charge is -2.04. The van der Waals surface area contributed by atoms with Crippen LogP contribution in [0.4, 0.5) is 0 Å². The van der Waals surface area contributed by atoms with Crippen LogP contribution in [0.15, 0.2) is 12.3 Å². The first kappa shape index (κ1) is 12.8. The van der Waals surface area contributed by atoms with Gasteiger partial charge in [-0.05, 0) is 18.4 Å². The van der Waals surface area contributed by atoms with E-state index in [0.717, 1.165) is 18.7 Å². The summed E-state index contributed by atoms with van der Waals surface area (Å²) < 4.78 is 1.66. The molecular weight excluding hydrogens is 254 g/mol. The number of carbonyl (C=O) groups is 1. The zero-order valence-corrected chi connectivity index (χ0v) is 11.0. The zero-order chi connectivity index (χ0) is 13.3. The van der Waals surface area contributed by atoms with Gasteiger partial charge in [0.05, 0.1) is 10.6 Å². The highest BCUT2D eigenvalue weighted by molar-refractivity contribution is 6.33. The van der Waals surface area contributed by atoms with Gasteiger partial charge in [-0.25, -0.2) is 4.79 Å². The van der Waals surface area contributed by atoms with Crippen molar-refractivity contribution in [3.05, 3.63) is 28.7 Å². The molecule has 0 bridgehead atoms. The first-order valence-electron chi connectivity index (χ1n) is 5.75. The Labute approximate surface area is 109 Å². The molecule has 0 aliphatic heterocycles.